The van der Waals surface area contributed by atoms with Crippen LogP contribution in [0.5, 0.6) is 0 Å². The van der Waals surface area contributed by atoms with Crippen LogP contribution in [-0.4, -0.2) is 13.4 Å². The summed E-state index contributed by atoms with van der Waals surface area (Å²) in [6.45, 7) is 1.83. The van der Waals surface area contributed by atoms with Gasteiger partial charge in [-0.25, -0.2) is 17.8 Å². The first-order valence-corrected chi connectivity index (χ1v) is 7.56. The van der Waals surface area contributed by atoms with Gasteiger partial charge in [0.25, 0.3) is 10.0 Å². The Morgan fingerprint density at radius 2 is 2.00 bits per heavy atom. The molecule has 0 aliphatic carbocycles. The fourth-order valence-corrected chi connectivity index (χ4v) is 2.82. The highest BCUT2D eigenvalue weighted by Crippen LogP contribution is 2.21. The Kier molecular flexibility index (Phi) is 3.86. The summed E-state index contributed by atoms with van der Waals surface area (Å²) in [5.74, 6) is -0.679. The van der Waals surface area contributed by atoms with Crippen molar-refractivity contribution in [2.24, 2.45) is 0 Å². The van der Waals surface area contributed by atoms with E-state index < -0.39 is 20.7 Å². The Morgan fingerprint density at radius 1 is 1.26 bits per heavy atom. The molecule has 0 unspecified atom stereocenters. The number of aryl methyl sites for hydroxylation is 1. The first kappa shape index (κ1) is 14.0. The second-order valence-corrected chi connectivity index (χ2v) is 6.47. The summed E-state index contributed by atoms with van der Waals surface area (Å²) in [5.41, 5.74) is 0.901. The third-order valence-electron chi connectivity index (χ3n) is 2.33. The molecule has 0 aliphatic rings. The van der Waals surface area contributed by atoms with Crippen LogP contribution in [0.1, 0.15) is 5.56 Å². The molecule has 19 heavy (non-hydrogen) atoms. The smallest absolute Gasteiger partial charge is 0.263 e. The molecule has 1 N–H and O–H groups in total. The summed E-state index contributed by atoms with van der Waals surface area (Å²) in [7, 11) is -3.98. The monoisotopic (exact) mass is 344 g/mol. The van der Waals surface area contributed by atoms with Gasteiger partial charge in [0.1, 0.15) is 16.5 Å². The number of sulfonamides is 1. The predicted octanol–water partition coefficient (Wildman–Crippen LogP) is 3.09. The highest BCUT2D eigenvalue weighted by molar-refractivity contribution is 9.10. The summed E-state index contributed by atoms with van der Waals surface area (Å²) in [6.07, 6.45) is 1.52. The molecule has 0 amide bonds. The van der Waals surface area contributed by atoms with Gasteiger partial charge < -0.3 is 0 Å². The number of pyridine rings is 1. The average molecular weight is 345 g/mol. The molecule has 1 heterocycles. The highest BCUT2D eigenvalue weighted by atomic mass is 79.9. The minimum atomic E-state index is -3.98. The van der Waals surface area contributed by atoms with Crippen LogP contribution in [0.3, 0.4) is 0 Å². The van der Waals surface area contributed by atoms with Crippen LogP contribution < -0.4 is 4.72 Å². The second kappa shape index (κ2) is 5.26. The van der Waals surface area contributed by atoms with Gasteiger partial charge in [0.15, 0.2) is 0 Å². The molecular weight excluding hydrogens is 335 g/mol. The number of anilines is 1. The number of nitrogens with zero attached hydrogens (tertiary/aromatic N) is 1. The predicted molar refractivity (Wildman–Crippen MR) is 73.9 cm³/mol. The van der Waals surface area contributed by atoms with Gasteiger partial charge in [-0.15, -0.1) is 0 Å². The van der Waals surface area contributed by atoms with Crippen LogP contribution >= 0.6 is 15.9 Å². The number of hydrogen-bond donors (Lipinski definition) is 1. The zero-order valence-electron chi connectivity index (χ0n) is 9.89. The molecule has 100 valence electrons. The quantitative estimate of drug-likeness (QED) is 0.930. The number of aromatic nitrogens is 1. The molecule has 0 spiro atoms. The van der Waals surface area contributed by atoms with Crippen molar-refractivity contribution in [3.63, 3.8) is 0 Å². The summed E-state index contributed by atoms with van der Waals surface area (Å²) in [6, 6.07) is 6.97. The van der Waals surface area contributed by atoms with E-state index in [0.717, 1.165) is 11.6 Å². The molecule has 0 saturated heterocycles. The Morgan fingerprint density at radius 3 is 2.58 bits per heavy atom. The van der Waals surface area contributed by atoms with Gasteiger partial charge >= 0.3 is 0 Å². The molecule has 0 radical (unpaired) electrons. The lowest BCUT2D eigenvalue weighted by molar-refractivity contribution is 0.569. The van der Waals surface area contributed by atoms with Crippen LogP contribution in [0, 0.1) is 12.7 Å². The topological polar surface area (TPSA) is 59.1 Å². The van der Waals surface area contributed by atoms with Crippen molar-refractivity contribution < 1.29 is 12.8 Å². The van der Waals surface area contributed by atoms with Crippen LogP contribution in [0.15, 0.2) is 45.9 Å². The molecule has 0 saturated carbocycles. The molecule has 0 atom stereocenters. The van der Waals surface area contributed by atoms with Crippen molar-refractivity contribution in [2.45, 2.75) is 11.8 Å². The van der Waals surface area contributed by atoms with E-state index in [4.69, 9.17) is 0 Å². The van der Waals surface area contributed by atoms with E-state index in [1.165, 1.54) is 24.4 Å². The van der Waals surface area contributed by atoms with Gasteiger partial charge in [-0.05, 0) is 36.8 Å². The third kappa shape index (κ3) is 3.30. The molecule has 0 aliphatic heterocycles. The van der Waals surface area contributed by atoms with Crippen LogP contribution in [-0.2, 0) is 10.0 Å². The lowest BCUT2D eigenvalue weighted by Gasteiger charge is -2.08. The zero-order chi connectivity index (χ0) is 14.0. The molecule has 2 aromatic rings. The average Bonchev–Trinajstić information content (AvgIpc) is 2.31. The van der Waals surface area contributed by atoms with Gasteiger partial charge in [0.2, 0.25) is 0 Å². The van der Waals surface area contributed by atoms with E-state index in [0.29, 0.717) is 4.47 Å². The summed E-state index contributed by atoms with van der Waals surface area (Å²) >= 11 is 3.07. The molecule has 1 aromatic heterocycles. The standard InChI is InChI=1S/C12H10BrFN2O2S/c1-8-2-5-12(15-7-8)16-19(17,18)11-4-3-9(13)6-10(11)14/h2-7H,1H3,(H,15,16). The number of rotatable bonds is 3. The Balaban J connectivity index is 2.35. The fraction of sp³-hybridized carbons (Fsp3) is 0.0833. The van der Waals surface area contributed by atoms with Gasteiger partial charge in [0, 0.05) is 10.7 Å². The third-order valence-corrected chi connectivity index (χ3v) is 4.21. The van der Waals surface area contributed by atoms with E-state index in [9.17, 15) is 12.8 Å². The van der Waals surface area contributed by atoms with E-state index in [1.54, 1.807) is 6.07 Å². The van der Waals surface area contributed by atoms with Crippen molar-refractivity contribution in [1.29, 1.82) is 0 Å². The zero-order valence-corrected chi connectivity index (χ0v) is 12.3. The van der Waals surface area contributed by atoms with Crippen molar-refractivity contribution in [3.8, 4) is 0 Å². The highest BCUT2D eigenvalue weighted by Gasteiger charge is 2.19. The molecule has 0 bridgehead atoms. The fourth-order valence-electron chi connectivity index (χ4n) is 1.41. The molecule has 1 aromatic carbocycles. The normalized spacial score (nSPS) is 11.3. The largest absolute Gasteiger partial charge is 0.265 e. The number of halogens is 2. The van der Waals surface area contributed by atoms with Crippen molar-refractivity contribution >= 4 is 31.8 Å². The van der Waals surface area contributed by atoms with Gasteiger partial charge in [-0.1, -0.05) is 22.0 Å². The van der Waals surface area contributed by atoms with Gasteiger partial charge in [0.05, 0.1) is 0 Å². The SMILES string of the molecule is Cc1ccc(NS(=O)(=O)c2ccc(Br)cc2F)nc1. The number of hydrogen-bond acceptors (Lipinski definition) is 3. The minimum absolute atomic E-state index is 0.146. The number of nitrogens with one attached hydrogen (secondary N) is 1. The Bertz CT molecular complexity index is 702. The number of benzene rings is 1. The molecule has 7 heteroatoms. The molecule has 4 nitrogen and oxygen atoms in total. The first-order valence-electron chi connectivity index (χ1n) is 5.29. The first-order chi connectivity index (χ1) is 8.88. The van der Waals surface area contributed by atoms with Crippen LogP contribution in [0.2, 0.25) is 0 Å². The van der Waals surface area contributed by atoms with E-state index >= 15 is 0 Å². The molecule has 2 rings (SSSR count). The minimum Gasteiger partial charge on any atom is -0.263 e. The van der Waals surface area contributed by atoms with Crippen LogP contribution in [0.4, 0.5) is 10.2 Å². The van der Waals surface area contributed by atoms with Gasteiger partial charge in [-0.3, -0.25) is 4.72 Å². The lowest BCUT2D eigenvalue weighted by Crippen LogP contribution is -2.15. The molecular formula is C12H10BrFN2O2S. The van der Waals surface area contributed by atoms with Crippen molar-refractivity contribution in [2.75, 3.05) is 4.72 Å². The summed E-state index contributed by atoms with van der Waals surface area (Å²) in [4.78, 5) is 3.50. The summed E-state index contributed by atoms with van der Waals surface area (Å²) in [5, 5.41) is 0. The second-order valence-electron chi connectivity index (χ2n) is 3.90. The van der Waals surface area contributed by atoms with Crippen LogP contribution in [0.25, 0.3) is 0 Å². The van der Waals surface area contributed by atoms with E-state index in [-0.39, 0.29) is 5.82 Å². The Hall–Kier alpha value is -1.47. The lowest BCUT2D eigenvalue weighted by atomic mass is 10.3. The summed E-state index contributed by atoms with van der Waals surface area (Å²) < 4.78 is 40.4. The maximum Gasteiger partial charge on any atom is 0.265 e. The maximum atomic E-state index is 13.6. The maximum absolute atomic E-state index is 13.6. The molecule has 0 fully saturated rings. The Labute approximate surface area is 118 Å². The van der Waals surface area contributed by atoms with Crippen molar-refractivity contribution in [3.05, 3.63) is 52.4 Å². The van der Waals surface area contributed by atoms with Gasteiger partial charge in [-0.2, -0.15) is 0 Å². The van der Waals surface area contributed by atoms with Crippen molar-refractivity contribution in [1.82, 2.24) is 4.98 Å². The van der Waals surface area contributed by atoms with E-state index in [1.807, 2.05) is 6.92 Å². The van der Waals surface area contributed by atoms with E-state index in [2.05, 4.69) is 25.6 Å².